The topological polar surface area (TPSA) is 78.9 Å². The third-order valence-corrected chi connectivity index (χ3v) is 10.8. The van der Waals surface area contributed by atoms with Crippen LogP contribution in [0.2, 0.25) is 0 Å². The lowest BCUT2D eigenvalue weighted by molar-refractivity contribution is -0.167. The maximum Gasteiger partial charge on any atom is 0.306 e. The van der Waals surface area contributed by atoms with Crippen LogP contribution in [0.15, 0.2) is 0 Å². The van der Waals surface area contributed by atoms with Crippen LogP contribution in [0.3, 0.4) is 0 Å². The minimum atomic E-state index is -0.759. The summed E-state index contributed by atoms with van der Waals surface area (Å²) in [5, 5.41) is 0. The van der Waals surface area contributed by atoms with E-state index >= 15 is 0 Å². The molecule has 0 unspecified atom stereocenters. The van der Waals surface area contributed by atoms with E-state index in [1.807, 2.05) is 0 Å². The van der Waals surface area contributed by atoms with E-state index in [0.29, 0.717) is 19.3 Å². The van der Waals surface area contributed by atoms with Crippen molar-refractivity contribution in [2.75, 3.05) is 13.2 Å². The van der Waals surface area contributed by atoms with Gasteiger partial charge in [0.2, 0.25) is 0 Å². The van der Waals surface area contributed by atoms with Gasteiger partial charge in [-0.2, -0.15) is 0 Å². The van der Waals surface area contributed by atoms with Crippen LogP contribution in [0.1, 0.15) is 265 Å². The van der Waals surface area contributed by atoms with Crippen LogP contribution in [0, 0.1) is 5.92 Å². The molecule has 54 heavy (non-hydrogen) atoms. The minimum Gasteiger partial charge on any atom is -0.462 e. The van der Waals surface area contributed by atoms with E-state index in [-0.39, 0.29) is 31.1 Å². The molecule has 320 valence electrons. The Balaban J connectivity index is 4.31. The summed E-state index contributed by atoms with van der Waals surface area (Å²) in [5.41, 5.74) is 0. The number of ether oxygens (including phenoxy) is 3. The molecule has 0 saturated carbocycles. The Morgan fingerprint density at radius 1 is 0.352 bits per heavy atom. The van der Waals surface area contributed by atoms with E-state index in [1.165, 1.54) is 161 Å². The van der Waals surface area contributed by atoms with Gasteiger partial charge in [-0.3, -0.25) is 14.4 Å². The van der Waals surface area contributed by atoms with E-state index in [0.717, 1.165) is 63.7 Å². The summed E-state index contributed by atoms with van der Waals surface area (Å²) in [4.78, 5) is 37.7. The zero-order valence-electron chi connectivity index (χ0n) is 36.7. The first kappa shape index (κ1) is 52.4. The molecule has 0 fully saturated rings. The first-order valence-corrected chi connectivity index (χ1v) is 23.9. The van der Waals surface area contributed by atoms with Gasteiger partial charge in [0.25, 0.3) is 0 Å². The lowest BCUT2D eigenvalue weighted by Gasteiger charge is -2.18. The number of carbonyl (C=O) groups is 3. The van der Waals surface area contributed by atoms with Crippen LogP contribution in [0.4, 0.5) is 0 Å². The highest BCUT2D eigenvalue weighted by atomic mass is 16.6. The van der Waals surface area contributed by atoms with Gasteiger partial charge in [0.05, 0.1) is 0 Å². The van der Waals surface area contributed by atoms with E-state index in [4.69, 9.17) is 14.2 Å². The molecule has 1 atom stereocenters. The molecule has 0 aromatic carbocycles. The second kappa shape index (κ2) is 42.6. The van der Waals surface area contributed by atoms with Crippen molar-refractivity contribution in [1.82, 2.24) is 0 Å². The molecule has 6 heteroatoms. The quantitative estimate of drug-likeness (QED) is 0.0349. The largest absolute Gasteiger partial charge is 0.462 e. The second-order valence-corrected chi connectivity index (χ2v) is 16.9. The molecule has 0 aliphatic carbocycles. The summed E-state index contributed by atoms with van der Waals surface area (Å²) in [5.74, 6) is -0.0249. The fourth-order valence-electron chi connectivity index (χ4n) is 7.16. The molecule has 0 aliphatic heterocycles. The first-order valence-electron chi connectivity index (χ1n) is 23.9. The van der Waals surface area contributed by atoms with Crippen LogP contribution in [-0.2, 0) is 28.6 Å². The van der Waals surface area contributed by atoms with Crippen LogP contribution in [0.5, 0.6) is 0 Å². The number of unbranched alkanes of at least 4 members (excludes halogenated alkanes) is 30. The van der Waals surface area contributed by atoms with E-state index in [2.05, 4.69) is 27.7 Å². The average Bonchev–Trinajstić information content (AvgIpc) is 3.15. The first-order chi connectivity index (χ1) is 26.4. The predicted octanol–water partition coefficient (Wildman–Crippen LogP) is 15.1. The van der Waals surface area contributed by atoms with Crippen molar-refractivity contribution in [2.45, 2.75) is 271 Å². The average molecular weight is 765 g/mol. The molecular weight excluding hydrogens is 673 g/mol. The normalized spacial score (nSPS) is 11.9. The Morgan fingerprint density at radius 2 is 0.611 bits per heavy atom. The van der Waals surface area contributed by atoms with E-state index in [9.17, 15) is 14.4 Å². The molecular formula is C48H92O6. The molecule has 0 aromatic heterocycles. The molecule has 0 bridgehead atoms. The maximum absolute atomic E-state index is 12.7. The molecule has 6 nitrogen and oxygen atoms in total. The minimum absolute atomic E-state index is 0.0635. The summed E-state index contributed by atoms with van der Waals surface area (Å²) in [6, 6.07) is 0. The van der Waals surface area contributed by atoms with Crippen molar-refractivity contribution in [3.8, 4) is 0 Å². The number of hydrogen-bond acceptors (Lipinski definition) is 6. The Labute approximate surface area is 336 Å². The van der Waals surface area contributed by atoms with Gasteiger partial charge in [-0.25, -0.2) is 0 Å². The van der Waals surface area contributed by atoms with Crippen LogP contribution >= 0.6 is 0 Å². The van der Waals surface area contributed by atoms with Crippen molar-refractivity contribution >= 4 is 17.9 Å². The maximum atomic E-state index is 12.7. The van der Waals surface area contributed by atoms with E-state index in [1.54, 1.807) is 0 Å². The third-order valence-electron chi connectivity index (χ3n) is 10.8. The molecule has 0 spiro atoms. The van der Waals surface area contributed by atoms with Gasteiger partial charge >= 0.3 is 17.9 Å². The van der Waals surface area contributed by atoms with Crippen molar-refractivity contribution in [1.29, 1.82) is 0 Å². The second-order valence-electron chi connectivity index (χ2n) is 16.9. The predicted molar refractivity (Wildman–Crippen MR) is 229 cm³/mol. The molecule has 0 amide bonds. The van der Waals surface area contributed by atoms with Crippen molar-refractivity contribution in [2.24, 2.45) is 5.92 Å². The zero-order chi connectivity index (χ0) is 39.6. The standard InChI is InChI=1S/C48H92O6/c1-5-7-9-11-13-15-17-20-25-29-33-37-41-48(51)54-45(42-52-46(49)39-35-31-27-23-16-14-12-10-8-6-2)43-53-47(50)40-36-32-28-24-21-18-19-22-26-30-34-38-44(3)4/h44-45H,5-43H2,1-4H3/t45-/m0/s1. The molecule has 0 saturated heterocycles. The van der Waals surface area contributed by atoms with Crippen LogP contribution in [0.25, 0.3) is 0 Å². The fraction of sp³-hybridized carbons (Fsp3) is 0.938. The van der Waals surface area contributed by atoms with Gasteiger partial charge in [0, 0.05) is 19.3 Å². The van der Waals surface area contributed by atoms with Crippen LogP contribution < -0.4 is 0 Å². The lowest BCUT2D eigenvalue weighted by Crippen LogP contribution is -2.30. The molecule has 0 aromatic rings. The number of rotatable bonds is 43. The highest BCUT2D eigenvalue weighted by Crippen LogP contribution is 2.16. The van der Waals surface area contributed by atoms with Crippen LogP contribution in [-0.4, -0.2) is 37.2 Å². The van der Waals surface area contributed by atoms with Gasteiger partial charge < -0.3 is 14.2 Å². The van der Waals surface area contributed by atoms with Gasteiger partial charge in [0.15, 0.2) is 6.10 Å². The van der Waals surface area contributed by atoms with Crippen molar-refractivity contribution < 1.29 is 28.6 Å². The summed E-state index contributed by atoms with van der Waals surface area (Å²) in [7, 11) is 0. The SMILES string of the molecule is CCCCCCCCCCCCCCC(=O)O[C@@H](COC(=O)CCCCCCCCCCCC)COC(=O)CCCCCCCCCCCCCC(C)C. The van der Waals surface area contributed by atoms with Gasteiger partial charge in [-0.15, -0.1) is 0 Å². The summed E-state index contributed by atoms with van der Waals surface area (Å²) < 4.78 is 16.7. The van der Waals surface area contributed by atoms with Crippen molar-refractivity contribution in [3.05, 3.63) is 0 Å². The Morgan fingerprint density at radius 3 is 0.907 bits per heavy atom. The van der Waals surface area contributed by atoms with E-state index < -0.39 is 6.10 Å². The number of carbonyl (C=O) groups excluding carboxylic acids is 3. The van der Waals surface area contributed by atoms with Gasteiger partial charge in [0.1, 0.15) is 13.2 Å². The highest BCUT2D eigenvalue weighted by molar-refractivity contribution is 5.71. The smallest absolute Gasteiger partial charge is 0.306 e. The number of esters is 3. The summed E-state index contributed by atoms with van der Waals surface area (Å²) >= 11 is 0. The zero-order valence-corrected chi connectivity index (χ0v) is 36.7. The Bertz CT molecular complexity index is 811. The van der Waals surface area contributed by atoms with Crippen molar-refractivity contribution in [3.63, 3.8) is 0 Å². The Kier molecular flexibility index (Phi) is 41.3. The monoisotopic (exact) mass is 765 g/mol. The fourth-order valence-corrected chi connectivity index (χ4v) is 7.16. The summed E-state index contributed by atoms with van der Waals surface area (Å²) in [6.07, 6.45) is 42.2. The molecule has 0 radical (unpaired) electrons. The number of hydrogen-bond donors (Lipinski definition) is 0. The van der Waals surface area contributed by atoms with Gasteiger partial charge in [-0.1, -0.05) is 227 Å². The molecule has 0 N–H and O–H groups in total. The third kappa shape index (κ3) is 41.6. The molecule has 0 rings (SSSR count). The summed E-state index contributed by atoms with van der Waals surface area (Å²) in [6.45, 7) is 8.99. The lowest BCUT2D eigenvalue weighted by atomic mass is 10.0. The van der Waals surface area contributed by atoms with Gasteiger partial charge in [-0.05, 0) is 25.2 Å². The molecule has 0 aliphatic rings. The highest BCUT2D eigenvalue weighted by Gasteiger charge is 2.19. The molecule has 0 heterocycles. The Hall–Kier alpha value is -1.59.